The van der Waals surface area contributed by atoms with Gasteiger partial charge in [-0.2, -0.15) is 0 Å². The lowest BCUT2D eigenvalue weighted by molar-refractivity contribution is -0.123. The van der Waals surface area contributed by atoms with Crippen molar-refractivity contribution in [2.24, 2.45) is 0 Å². The van der Waals surface area contributed by atoms with Crippen LogP contribution in [-0.4, -0.2) is 28.7 Å². The van der Waals surface area contributed by atoms with Crippen molar-refractivity contribution in [3.05, 3.63) is 53.7 Å². The van der Waals surface area contributed by atoms with Gasteiger partial charge in [0.25, 0.3) is 11.8 Å². The molecule has 1 saturated carbocycles. The number of amides is 2. The van der Waals surface area contributed by atoms with Gasteiger partial charge in [0.15, 0.2) is 6.61 Å². The van der Waals surface area contributed by atoms with Crippen LogP contribution in [0.15, 0.2) is 47.6 Å². The maximum absolute atomic E-state index is 12.4. The van der Waals surface area contributed by atoms with Gasteiger partial charge in [-0.3, -0.25) is 20.4 Å². The summed E-state index contributed by atoms with van der Waals surface area (Å²) in [7, 11) is 0. The van der Waals surface area contributed by atoms with E-state index in [1.54, 1.807) is 36.2 Å². The minimum absolute atomic E-state index is 0.180. The average Bonchev–Trinajstić information content (AvgIpc) is 3.18. The first kappa shape index (κ1) is 19.2. The molecular weight excluding hydrogens is 362 g/mol. The van der Waals surface area contributed by atoms with Crippen LogP contribution in [-0.2, 0) is 4.79 Å². The fraction of sp³-hybridized carbons (Fsp3) is 0.350. The lowest BCUT2D eigenvalue weighted by Crippen LogP contribution is -2.44. The molecule has 0 bridgehead atoms. The average molecular weight is 385 g/mol. The number of nitrogens with zero attached hydrogens (tertiary/aromatic N) is 1. The Morgan fingerprint density at radius 3 is 2.78 bits per heavy atom. The van der Waals surface area contributed by atoms with E-state index in [9.17, 15) is 9.59 Å². The molecule has 1 heterocycles. The first-order valence-electron chi connectivity index (χ1n) is 9.02. The van der Waals surface area contributed by atoms with Gasteiger partial charge in [-0.25, -0.2) is 4.98 Å². The lowest BCUT2D eigenvalue weighted by atomic mass is 10.2. The van der Waals surface area contributed by atoms with Crippen LogP contribution in [0.25, 0.3) is 0 Å². The molecule has 1 aliphatic carbocycles. The standard InChI is InChI=1S/C20H23N3O3S/c1-14-6-4-7-15(12-14)26-13-18(24)22-23-19(25)17-10-5-11-21-20(17)27-16-8-2-3-9-16/h4-7,10-12,16H,2-3,8-9,13H2,1H3,(H,22,24)(H,23,25). The predicted molar refractivity (Wildman–Crippen MR) is 105 cm³/mol. The lowest BCUT2D eigenvalue weighted by Gasteiger charge is -2.13. The van der Waals surface area contributed by atoms with Crippen molar-refractivity contribution in [2.45, 2.75) is 42.9 Å². The van der Waals surface area contributed by atoms with Crippen molar-refractivity contribution in [2.75, 3.05) is 6.61 Å². The summed E-state index contributed by atoms with van der Waals surface area (Å²) in [5, 5.41) is 1.20. The van der Waals surface area contributed by atoms with E-state index in [4.69, 9.17) is 4.74 Å². The molecule has 0 atom stereocenters. The molecule has 7 heteroatoms. The number of hydrogen-bond donors (Lipinski definition) is 2. The Morgan fingerprint density at radius 2 is 2.00 bits per heavy atom. The molecule has 0 unspecified atom stereocenters. The fourth-order valence-corrected chi connectivity index (χ4v) is 4.20. The highest BCUT2D eigenvalue weighted by Gasteiger charge is 2.20. The number of carbonyl (C=O) groups is 2. The second kappa shape index (κ2) is 9.41. The number of hydrazine groups is 1. The van der Waals surface area contributed by atoms with Crippen molar-refractivity contribution in [1.29, 1.82) is 0 Å². The molecule has 1 aromatic heterocycles. The normalized spacial score (nSPS) is 14.0. The third kappa shape index (κ3) is 5.72. The SMILES string of the molecule is Cc1cccc(OCC(=O)NNC(=O)c2cccnc2SC2CCCC2)c1. The highest BCUT2D eigenvalue weighted by atomic mass is 32.2. The van der Waals surface area contributed by atoms with E-state index < -0.39 is 5.91 Å². The first-order chi connectivity index (χ1) is 13.1. The van der Waals surface area contributed by atoms with Crippen molar-refractivity contribution in [3.63, 3.8) is 0 Å². The number of ether oxygens (including phenoxy) is 1. The molecular formula is C20H23N3O3S. The van der Waals surface area contributed by atoms with Crippen LogP contribution in [0.2, 0.25) is 0 Å². The Kier molecular flexibility index (Phi) is 6.70. The second-order valence-corrected chi connectivity index (χ2v) is 7.78. The minimum atomic E-state index is -0.432. The Labute approximate surface area is 163 Å². The molecule has 142 valence electrons. The zero-order valence-corrected chi connectivity index (χ0v) is 16.1. The van der Waals surface area contributed by atoms with E-state index in [0.29, 0.717) is 21.6 Å². The molecule has 3 rings (SSSR count). The second-order valence-electron chi connectivity index (χ2n) is 6.49. The number of aromatic nitrogens is 1. The van der Waals surface area contributed by atoms with E-state index in [0.717, 1.165) is 18.4 Å². The summed E-state index contributed by atoms with van der Waals surface area (Å²) in [5.41, 5.74) is 6.34. The zero-order chi connectivity index (χ0) is 19.1. The summed E-state index contributed by atoms with van der Waals surface area (Å²) in [4.78, 5) is 28.7. The van der Waals surface area contributed by atoms with Gasteiger partial charge in [-0.15, -0.1) is 11.8 Å². The quantitative estimate of drug-likeness (QED) is 0.746. The number of benzene rings is 1. The predicted octanol–water partition coefficient (Wildman–Crippen LogP) is 3.26. The summed E-state index contributed by atoms with van der Waals surface area (Å²) < 4.78 is 5.42. The van der Waals surface area contributed by atoms with Crippen LogP contribution in [0.5, 0.6) is 5.75 Å². The van der Waals surface area contributed by atoms with E-state index in [1.807, 2.05) is 25.1 Å². The Morgan fingerprint density at radius 1 is 1.19 bits per heavy atom. The zero-order valence-electron chi connectivity index (χ0n) is 15.2. The molecule has 2 N–H and O–H groups in total. The molecule has 0 radical (unpaired) electrons. The number of aryl methyl sites for hydroxylation is 1. The maximum Gasteiger partial charge on any atom is 0.276 e. The van der Waals surface area contributed by atoms with Gasteiger partial charge < -0.3 is 4.74 Å². The van der Waals surface area contributed by atoms with E-state index >= 15 is 0 Å². The summed E-state index contributed by atoms with van der Waals surface area (Å²) >= 11 is 1.64. The third-order valence-electron chi connectivity index (χ3n) is 4.27. The third-order valence-corrected chi connectivity index (χ3v) is 5.62. The van der Waals surface area contributed by atoms with Crippen LogP contribution in [0.3, 0.4) is 0 Å². The first-order valence-corrected chi connectivity index (χ1v) is 9.90. The number of thioether (sulfide) groups is 1. The van der Waals surface area contributed by atoms with Crippen molar-refractivity contribution in [3.8, 4) is 5.75 Å². The van der Waals surface area contributed by atoms with Gasteiger partial charge in [0, 0.05) is 11.4 Å². The molecule has 0 aliphatic heterocycles. The van der Waals surface area contributed by atoms with Crippen LogP contribution in [0.4, 0.5) is 0 Å². The van der Waals surface area contributed by atoms with Crippen LogP contribution in [0.1, 0.15) is 41.6 Å². The highest BCUT2D eigenvalue weighted by molar-refractivity contribution is 7.99. The number of nitrogens with one attached hydrogen (secondary N) is 2. The smallest absolute Gasteiger partial charge is 0.276 e. The maximum atomic E-state index is 12.4. The van der Waals surface area contributed by atoms with Gasteiger partial charge in [0.05, 0.1) is 5.56 Å². The van der Waals surface area contributed by atoms with Gasteiger partial charge in [-0.1, -0.05) is 25.0 Å². The summed E-state index contributed by atoms with van der Waals surface area (Å²) in [6.07, 6.45) is 6.43. The molecule has 1 aromatic carbocycles. The van der Waals surface area contributed by atoms with Crippen molar-refractivity contribution < 1.29 is 14.3 Å². The fourth-order valence-electron chi connectivity index (χ4n) is 2.91. The number of hydrogen-bond acceptors (Lipinski definition) is 5. The van der Waals surface area contributed by atoms with E-state index in [2.05, 4.69) is 15.8 Å². The molecule has 2 aromatic rings. The van der Waals surface area contributed by atoms with E-state index in [1.165, 1.54) is 12.8 Å². The van der Waals surface area contributed by atoms with Crippen LogP contribution >= 0.6 is 11.8 Å². The molecule has 1 aliphatic rings. The highest BCUT2D eigenvalue weighted by Crippen LogP contribution is 2.35. The van der Waals surface area contributed by atoms with Crippen LogP contribution in [0, 0.1) is 6.92 Å². The van der Waals surface area contributed by atoms with E-state index in [-0.39, 0.29) is 12.5 Å². The molecule has 1 fully saturated rings. The van der Waals surface area contributed by atoms with Gasteiger partial charge in [0.1, 0.15) is 10.8 Å². The summed E-state index contributed by atoms with van der Waals surface area (Å²) in [6, 6.07) is 10.9. The van der Waals surface area contributed by atoms with Gasteiger partial charge in [0.2, 0.25) is 0 Å². The molecule has 6 nitrogen and oxygen atoms in total. The molecule has 27 heavy (non-hydrogen) atoms. The van der Waals surface area contributed by atoms with Gasteiger partial charge in [-0.05, 0) is 49.6 Å². The summed E-state index contributed by atoms with van der Waals surface area (Å²) in [6.45, 7) is 1.77. The minimum Gasteiger partial charge on any atom is -0.484 e. The number of pyridine rings is 1. The van der Waals surface area contributed by atoms with Crippen LogP contribution < -0.4 is 15.6 Å². The monoisotopic (exact) mass is 385 g/mol. The number of rotatable bonds is 6. The molecule has 0 spiro atoms. The summed E-state index contributed by atoms with van der Waals surface area (Å²) in [5.74, 6) is -0.203. The topological polar surface area (TPSA) is 80.3 Å². The van der Waals surface area contributed by atoms with Crippen molar-refractivity contribution in [1.82, 2.24) is 15.8 Å². The Bertz CT molecular complexity index is 807. The Hall–Kier alpha value is -2.54. The molecule has 0 saturated heterocycles. The molecule has 2 amide bonds. The number of carbonyl (C=O) groups excluding carboxylic acids is 2. The Balaban J connectivity index is 1.50. The van der Waals surface area contributed by atoms with Crippen molar-refractivity contribution >= 4 is 23.6 Å². The van der Waals surface area contributed by atoms with Gasteiger partial charge >= 0.3 is 0 Å². The largest absolute Gasteiger partial charge is 0.484 e.